The Labute approximate surface area is 130 Å². The smallest absolute Gasteiger partial charge is 0.340 e. The third-order valence-corrected chi connectivity index (χ3v) is 3.22. The van der Waals surface area contributed by atoms with Crippen LogP contribution in [-0.2, 0) is 9.53 Å². The Kier molecular flexibility index (Phi) is 4.98. The molecule has 1 heterocycles. The lowest BCUT2D eigenvalue weighted by Crippen LogP contribution is -2.42. The summed E-state index contributed by atoms with van der Waals surface area (Å²) in [5, 5.41) is 4.77. The fourth-order valence-corrected chi connectivity index (χ4v) is 1.63. The zero-order valence-corrected chi connectivity index (χ0v) is 12.2. The summed E-state index contributed by atoms with van der Waals surface area (Å²) in [6.45, 7) is -0.586. The Morgan fingerprint density at radius 1 is 1.33 bits per heavy atom. The number of halogens is 2. The van der Waals surface area contributed by atoms with E-state index < -0.39 is 24.5 Å². The van der Waals surface area contributed by atoms with Gasteiger partial charge in [0.2, 0.25) is 0 Å². The minimum Gasteiger partial charge on any atom is -0.452 e. The lowest BCUT2D eigenvalue weighted by molar-refractivity contribution is -0.123. The number of carbonyl (C=O) groups excluding carboxylic acids is 3. The number of esters is 1. The lowest BCUT2D eigenvalue weighted by atomic mass is 10.3. The molecule has 0 bridgehead atoms. The number of aromatic nitrogens is 1. The molecular formula is C12H11Cl2N3O4. The zero-order valence-electron chi connectivity index (χ0n) is 10.7. The highest BCUT2D eigenvalue weighted by atomic mass is 35.5. The second kappa shape index (κ2) is 6.73. The normalized spacial score (nSPS) is 13.4. The van der Waals surface area contributed by atoms with E-state index >= 15 is 0 Å². The van der Waals surface area contributed by atoms with Gasteiger partial charge >= 0.3 is 12.0 Å². The van der Waals surface area contributed by atoms with Crippen molar-refractivity contribution in [1.29, 1.82) is 0 Å². The van der Waals surface area contributed by atoms with Crippen LogP contribution >= 0.6 is 23.2 Å². The number of nitrogens with one attached hydrogen (secondary N) is 2. The van der Waals surface area contributed by atoms with Gasteiger partial charge in [-0.15, -0.1) is 0 Å². The molecule has 0 aliphatic heterocycles. The molecule has 0 unspecified atom stereocenters. The van der Waals surface area contributed by atoms with E-state index in [0.717, 1.165) is 12.8 Å². The predicted octanol–water partition coefficient (Wildman–Crippen LogP) is 1.53. The monoisotopic (exact) mass is 331 g/mol. The van der Waals surface area contributed by atoms with E-state index in [-0.39, 0.29) is 21.8 Å². The zero-order chi connectivity index (χ0) is 15.4. The molecule has 2 rings (SSSR count). The Hall–Kier alpha value is -1.86. The molecular weight excluding hydrogens is 321 g/mol. The maximum absolute atomic E-state index is 11.6. The molecule has 1 aliphatic rings. The van der Waals surface area contributed by atoms with Crippen LogP contribution < -0.4 is 10.6 Å². The van der Waals surface area contributed by atoms with Gasteiger partial charge in [-0.05, 0) is 18.9 Å². The van der Waals surface area contributed by atoms with Gasteiger partial charge in [0.25, 0.3) is 5.91 Å². The van der Waals surface area contributed by atoms with E-state index in [9.17, 15) is 14.4 Å². The summed E-state index contributed by atoms with van der Waals surface area (Å²) in [6.07, 6.45) is 2.98. The lowest BCUT2D eigenvalue weighted by Gasteiger charge is -2.07. The summed E-state index contributed by atoms with van der Waals surface area (Å²) >= 11 is 11.3. The van der Waals surface area contributed by atoms with Gasteiger partial charge in [-0.3, -0.25) is 10.1 Å². The van der Waals surface area contributed by atoms with Crippen molar-refractivity contribution in [3.8, 4) is 0 Å². The van der Waals surface area contributed by atoms with Gasteiger partial charge in [-0.1, -0.05) is 23.2 Å². The van der Waals surface area contributed by atoms with Gasteiger partial charge in [0.1, 0.15) is 5.15 Å². The highest BCUT2D eigenvalue weighted by molar-refractivity contribution is 6.41. The molecule has 2 N–H and O–H groups in total. The van der Waals surface area contributed by atoms with E-state index in [1.807, 2.05) is 5.32 Å². The maximum Gasteiger partial charge on any atom is 0.340 e. The Bertz CT molecular complexity index is 590. The van der Waals surface area contributed by atoms with Crippen LogP contribution in [0.3, 0.4) is 0 Å². The maximum atomic E-state index is 11.6. The van der Waals surface area contributed by atoms with Gasteiger partial charge in [0.15, 0.2) is 6.61 Å². The van der Waals surface area contributed by atoms with Gasteiger partial charge in [0.05, 0.1) is 10.6 Å². The molecule has 1 aromatic heterocycles. The number of pyridine rings is 1. The number of nitrogens with zero attached hydrogens (tertiary/aromatic N) is 1. The molecule has 112 valence electrons. The standard InChI is InChI=1S/C12H11Cl2N3O4/c13-8-3-6(4-15-10(8)14)11(19)21-5-9(18)17-12(20)16-7-1-2-7/h3-4,7H,1-2,5H2,(H2,16,17,18,20). The predicted molar refractivity (Wildman–Crippen MR) is 74.2 cm³/mol. The summed E-state index contributed by atoms with van der Waals surface area (Å²) < 4.78 is 4.73. The fourth-order valence-electron chi connectivity index (χ4n) is 1.36. The second-order valence-corrected chi connectivity index (χ2v) is 5.13. The summed E-state index contributed by atoms with van der Waals surface area (Å²) in [5.74, 6) is -1.52. The largest absolute Gasteiger partial charge is 0.452 e. The molecule has 3 amide bonds. The van der Waals surface area contributed by atoms with Crippen molar-refractivity contribution in [1.82, 2.24) is 15.6 Å². The van der Waals surface area contributed by atoms with E-state index in [1.54, 1.807) is 0 Å². The van der Waals surface area contributed by atoms with Gasteiger partial charge in [-0.2, -0.15) is 0 Å². The quantitative estimate of drug-likeness (QED) is 0.644. The number of urea groups is 1. The molecule has 0 spiro atoms. The van der Waals surface area contributed by atoms with E-state index in [0.29, 0.717) is 0 Å². The molecule has 1 fully saturated rings. The van der Waals surface area contributed by atoms with E-state index in [1.165, 1.54) is 12.3 Å². The highest BCUT2D eigenvalue weighted by Crippen LogP contribution is 2.20. The van der Waals surface area contributed by atoms with Crippen LogP contribution in [0.4, 0.5) is 4.79 Å². The van der Waals surface area contributed by atoms with Crippen molar-refractivity contribution in [2.75, 3.05) is 6.61 Å². The average Bonchev–Trinajstić information content (AvgIpc) is 3.22. The van der Waals surface area contributed by atoms with Crippen LogP contribution in [0.5, 0.6) is 0 Å². The van der Waals surface area contributed by atoms with Gasteiger partial charge < -0.3 is 10.1 Å². The van der Waals surface area contributed by atoms with Crippen molar-refractivity contribution in [3.05, 3.63) is 28.0 Å². The summed E-state index contributed by atoms with van der Waals surface area (Å²) in [5.41, 5.74) is 0.0552. The topological polar surface area (TPSA) is 97.4 Å². The molecule has 1 saturated carbocycles. The first-order valence-electron chi connectivity index (χ1n) is 6.04. The van der Waals surface area contributed by atoms with Gasteiger partial charge in [-0.25, -0.2) is 14.6 Å². The number of hydrogen-bond acceptors (Lipinski definition) is 5. The molecule has 7 nitrogen and oxygen atoms in total. The summed E-state index contributed by atoms with van der Waals surface area (Å²) in [6, 6.07) is 0.800. The summed E-state index contributed by atoms with van der Waals surface area (Å²) in [4.78, 5) is 38.0. The van der Waals surface area contributed by atoms with Gasteiger partial charge in [0, 0.05) is 12.2 Å². The number of hydrogen-bond donors (Lipinski definition) is 2. The Morgan fingerprint density at radius 2 is 2.05 bits per heavy atom. The average molecular weight is 332 g/mol. The number of ether oxygens (including phenoxy) is 1. The third kappa shape index (κ3) is 4.87. The molecule has 0 saturated heterocycles. The Morgan fingerprint density at radius 3 is 2.67 bits per heavy atom. The van der Waals surface area contributed by atoms with Crippen LogP contribution in [0, 0.1) is 0 Å². The van der Waals surface area contributed by atoms with Crippen molar-refractivity contribution in [2.24, 2.45) is 0 Å². The first kappa shape index (κ1) is 15.5. The molecule has 1 aromatic rings. The number of amides is 3. The molecule has 1 aliphatic carbocycles. The molecule has 0 aromatic carbocycles. The first-order valence-corrected chi connectivity index (χ1v) is 6.80. The Balaban J connectivity index is 1.78. The SMILES string of the molecule is O=C(COC(=O)c1cnc(Cl)c(Cl)c1)NC(=O)NC1CC1. The van der Waals surface area contributed by atoms with Crippen LogP contribution in [-0.4, -0.2) is 35.5 Å². The highest BCUT2D eigenvalue weighted by Gasteiger charge is 2.24. The fraction of sp³-hybridized carbons (Fsp3) is 0.333. The first-order chi connectivity index (χ1) is 9.95. The molecule has 0 atom stereocenters. The molecule has 9 heteroatoms. The van der Waals surface area contributed by atoms with Crippen LogP contribution in [0.1, 0.15) is 23.2 Å². The van der Waals surface area contributed by atoms with Crippen LogP contribution in [0.2, 0.25) is 10.2 Å². The summed E-state index contributed by atoms with van der Waals surface area (Å²) in [7, 11) is 0. The third-order valence-electron chi connectivity index (χ3n) is 2.53. The minimum atomic E-state index is -0.793. The van der Waals surface area contributed by atoms with Crippen molar-refractivity contribution in [2.45, 2.75) is 18.9 Å². The van der Waals surface area contributed by atoms with E-state index in [2.05, 4.69) is 10.3 Å². The van der Waals surface area contributed by atoms with E-state index in [4.69, 9.17) is 27.9 Å². The minimum absolute atomic E-state index is 0.0552. The van der Waals surface area contributed by atoms with Crippen LogP contribution in [0.15, 0.2) is 12.3 Å². The van der Waals surface area contributed by atoms with Crippen molar-refractivity contribution >= 4 is 41.1 Å². The van der Waals surface area contributed by atoms with Crippen molar-refractivity contribution in [3.63, 3.8) is 0 Å². The molecule has 0 radical (unpaired) electrons. The molecule has 21 heavy (non-hydrogen) atoms. The van der Waals surface area contributed by atoms with Crippen LogP contribution in [0.25, 0.3) is 0 Å². The second-order valence-electron chi connectivity index (χ2n) is 4.37. The number of rotatable bonds is 4. The number of imide groups is 1. The number of carbonyl (C=O) groups is 3. The van der Waals surface area contributed by atoms with Crippen molar-refractivity contribution < 1.29 is 19.1 Å².